The molecule has 0 aliphatic carbocycles. The summed E-state index contributed by atoms with van der Waals surface area (Å²) in [6.07, 6.45) is 0.226. The van der Waals surface area contributed by atoms with Crippen molar-refractivity contribution in [2.75, 3.05) is 6.61 Å². The van der Waals surface area contributed by atoms with E-state index in [1.165, 1.54) is 10.9 Å². The summed E-state index contributed by atoms with van der Waals surface area (Å²) in [6.45, 7) is 3.07. The van der Waals surface area contributed by atoms with Crippen LogP contribution in [0.4, 0.5) is 0 Å². The molecule has 26 heavy (non-hydrogen) atoms. The summed E-state index contributed by atoms with van der Waals surface area (Å²) >= 11 is 4.32. The summed E-state index contributed by atoms with van der Waals surface area (Å²) in [6, 6.07) is 0. The van der Waals surface area contributed by atoms with Crippen molar-refractivity contribution < 1.29 is 33.8 Å². The van der Waals surface area contributed by atoms with Crippen molar-refractivity contribution in [2.45, 2.75) is 30.1 Å². The van der Waals surface area contributed by atoms with Crippen LogP contribution in [0.5, 0.6) is 5.88 Å². The third-order valence-corrected chi connectivity index (χ3v) is 4.84. The normalized spacial score (nSPS) is 26.5. The number of aromatic hydroxyl groups is 1. The second-order valence-corrected chi connectivity index (χ2v) is 7.45. The molecule has 3 rings (SSSR count). The molecule has 0 radical (unpaired) electrons. The van der Waals surface area contributed by atoms with Gasteiger partial charge in [0.25, 0.3) is 0 Å². The predicted octanol–water partition coefficient (Wildman–Crippen LogP) is -0.0736. The highest BCUT2D eigenvalue weighted by atomic mass is 32.1. The van der Waals surface area contributed by atoms with E-state index in [4.69, 9.17) is 14.5 Å². The zero-order valence-corrected chi connectivity index (χ0v) is 15.1. The van der Waals surface area contributed by atoms with E-state index in [9.17, 15) is 14.8 Å². The van der Waals surface area contributed by atoms with Gasteiger partial charge in [-0.2, -0.15) is 17.6 Å². The van der Waals surface area contributed by atoms with Gasteiger partial charge < -0.3 is 24.7 Å². The Balaban J connectivity index is 1.91. The molecule has 0 spiro atoms. The van der Waals surface area contributed by atoms with E-state index in [1.54, 1.807) is 6.08 Å². The van der Waals surface area contributed by atoms with E-state index in [0.29, 0.717) is 12.2 Å². The largest absolute Gasteiger partial charge is 0.492 e. The maximum atomic E-state index is 10.8. The van der Waals surface area contributed by atoms with Gasteiger partial charge in [0.2, 0.25) is 5.88 Å². The number of fused-ring (bicyclic) bond motifs is 1. The van der Waals surface area contributed by atoms with Crippen LogP contribution in [0.15, 0.2) is 19.0 Å². The summed E-state index contributed by atoms with van der Waals surface area (Å²) in [4.78, 5) is 29.9. The number of imidazole rings is 1. The highest BCUT2D eigenvalue weighted by Crippen LogP contribution is 2.40. The molecule has 0 amide bonds. The lowest BCUT2D eigenvalue weighted by atomic mass is 10.2. The molecule has 142 valence electrons. The molecule has 4 atom stereocenters. The first-order valence-corrected chi connectivity index (χ1v) is 9.51. The summed E-state index contributed by atoms with van der Waals surface area (Å²) < 4.78 is 22.3. The maximum Gasteiger partial charge on any atom is 0.469 e. The number of hydrogen-bond donors (Lipinski definition) is 5. The van der Waals surface area contributed by atoms with Gasteiger partial charge >= 0.3 is 7.82 Å². The van der Waals surface area contributed by atoms with Crippen molar-refractivity contribution >= 4 is 31.6 Å². The Morgan fingerprint density at radius 2 is 2.19 bits per heavy atom. The van der Waals surface area contributed by atoms with Crippen molar-refractivity contribution in [2.24, 2.45) is 0 Å². The first kappa shape index (κ1) is 19.2. The minimum Gasteiger partial charge on any atom is -0.492 e. The molecule has 0 unspecified atom stereocenters. The summed E-state index contributed by atoms with van der Waals surface area (Å²) in [5.74, 6) is 0.0173. The topological polar surface area (TPSA) is 160 Å². The number of rotatable bonds is 6. The number of phosphoric acid groups is 1. The maximum absolute atomic E-state index is 10.8. The molecule has 4 N–H and O–H groups in total. The van der Waals surface area contributed by atoms with Crippen molar-refractivity contribution in [3.63, 3.8) is 0 Å². The van der Waals surface area contributed by atoms with Crippen molar-refractivity contribution in [3.05, 3.63) is 24.8 Å². The predicted molar refractivity (Wildman–Crippen MR) is 91.6 cm³/mol. The highest BCUT2D eigenvalue weighted by molar-refractivity contribution is 7.81. The summed E-state index contributed by atoms with van der Waals surface area (Å²) in [5, 5.41) is 19.5. The summed E-state index contributed by atoms with van der Waals surface area (Å²) in [5.41, 5.74) is 0.411. The van der Waals surface area contributed by atoms with Crippen LogP contribution < -0.4 is 0 Å². The first-order chi connectivity index (χ1) is 12.2. The lowest BCUT2D eigenvalue weighted by Gasteiger charge is -2.17. The molecular formula is C13H17N4O7PS. The lowest BCUT2D eigenvalue weighted by molar-refractivity contribution is -0.0422. The van der Waals surface area contributed by atoms with E-state index in [-0.39, 0.29) is 17.0 Å². The number of allylic oxidation sites excluding steroid dienone is 1. The van der Waals surface area contributed by atoms with Crippen molar-refractivity contribution in [1.29, 1.82) is 0 Å². The molecule has 1 fully saturated rings. The second-order valence-electron chi connectivity index (χ2n) is 5.61. The van der Waals surface area contributed by atoms with E-state index in [0.717, 1.165) is 0 Å². The number of ether oxygens (including phenoxy) is 1. The Bertz CT molecular complexity index is 872. The fourth-order valence-corrected chi connectivity index (χ4v) is 3.37. The molecule has 2 aromatic heterocycles. The zero-order valence-electron chi connectivity index (χ0n) is 13.3. The molecule has 1 saturated heterocycles. The van der Waals surface area contributed by atoms with Gasteiger partial charge in [0, 0.05) is 6.42 Å². The number of nitrogens with zero attached hydrogens (tertiary/aromatic N) is 4. The van der Waals surface area contributed by atoms with Gasteiger partial charge in [-0.15, -0.1) is 6.58 Å². The van der Waals surface area contributed by atoms with Gasteiger partial charge in [0.1, 0.15) is 11.9 Å². The van der Waals surface area contributed by atoms with Gasteiger partial charge in [-0.25, -0.2) is 14.5 Å². The first-order valence-electron chi connectivity index (χ1n) is 7.46. The summed E-state index contributed by atoms with van der Waals surface area (Å²) in [7, 11) is -4.70. The van der Waals surface area contributed by atoms with E-state index in [1.807, 2.05) is 0 Å². The number of aliphatic hydroxyl groups excluding tert-OH is 1. The van der Waals surface area contributed by atoms with Crippen LogP contribution in [0, 0.1) is 0 Å². The number of thiol groups is 1. The van der Waals surface area contributed by atoms with Crippen LogP contribution in [0.25, 0.3) is 11.2 Å². The van der Waals surface area contributed by atoms with Gasteiger partial charge in [0.15, 0.2) is 17.4 Å². The van der Waals surface area contributed by atoms with Gasteiger partial charge in [-0.1, -0.05) is 6.08 Å². The molecule has 0 saturated carbocycles. The van der Waals surface area contributed by atoms with E-state index < -0.39 is 38.1 Å². The quantitative estimate of drug-likeness (QED) is 0.250. The molecule has 1 aliphatic heterocycles. The molecule has 1 aliphatic rings. The molecular weight excluding hydrogens is 387 g/mol. The third kappa shape index (κ3) is 3.76. The Labute approximate surface area is 153 Å². The van der Waals surface area contributed by atoms with E-state index >= 15 is 0 Å². The average molecular weight is 404 g/mol. The van der Waals surface area contributed by atoms with Crippen LogP contribution in [0.3, 0.4) is 0 Å². The number of aromatic nitrogens is 4. The molecule has 2 aromatic rings. The molecule has 0 aromatic carbocycles. The Hall–Kier alpha value is -1.53. The van der Waals surface area contributed by atoms with Gasteiger partial charge in [-0.3, -0.25) is 9.09 Å². The van der Waals surface area contributed by atoms with Crippen LogP contribution in [0.2, 0.25) is 0 Å². The van der Waals surface area contributed by atoms with Gasteiger partial charge in [-0.05, 0) is 0 Å². The Morgan fingerprint density at radius 3 is 2.85 bits per heavy atom. The SMILES string of the molecule is C=CCc1nc(O)c2ncn([C@@H]3O[C@H](COP(=O)(O)O)[C@@H](O)[C@H]3S)c2n1. The lowest BCUT2D eigenvalue weighted by Crippen LogP contribution is -2.30. The van der Waals surface area contributed by atoms with Crippen LogP contribution in [-0.2, 0) is 20.2 Å². The Morgan fingerprint density at radius 1 is 1.46 bits per heavy atom. The number of hydrogen-bond acceptors (Lipinski definition) is 9. The van der Waals surface area contributed by atoms with Crippen LogP contribution in [-0.4, -0.2) is 63.6 Å². The van der Waals surface area contributed by atoms with Crippen LogP contribution >= 0.6 is 20.5 Å². The molecule has 0 bridgehead atoms. The second kappa shape index (κ2) is 7.24. The highest BCUT2D eigenvalue weighted by Gasteiger charge is 2.44. The van der Waals surface area contributed by atoms with E-state index in [2.05, 4.69) is 38.7 Å². The van der Waals surface area contributed by atoms with Crippen molar-refractivity contribution in [3.8, 4) is 5.88 Å². The Kier molecular flexibility index (Phi) is 5.35. The van der Waals surface area contributed by atoms with Gasteiger partial charge in [0.05, 0.1) is 24.3 Å². The minimum absolute atomic E-state index is 0.145. The van der Waals surface area contributed by atoms with Crippen molar-refractivity contribution in [1.82, 2.24) is 19.5 Å². The fraction of sp³-hybridized carbons (Fsp3) is 0.462. The molecule has 13 heteroatoms. The molecule has 3 heterocycles. The third-order valence-electron chi connectivity index (χ3n) is 3.79. The monoisotopic (exact) mass is 404 g/mol. The zero-order chi connectivity index (χ0) is 19.1. The minimum atomic E-state index is -4.70. The smallest absolute Gasteiger partial charge is 0.469 e. The number of aliphatic hydroxyl groups is 1. The number of phosphoric ester groups is 1. The van der Waals surface area contributed by atoms with Crippen LogP contribution in [0.1, 0.15) is 12.1 Å². The standard InChI is InChI=1S/C13H17N4O7PS/c1-2-3-7-15-11-8(12(19)16-7)14-5-17(11)13-10(26)9(18)6(24-13)4-23-25(20,21)22/h2,5-6,9-10,13,18,26H,1,3-4H2,(H,15,16,19)(H2,20,21,22)/t6-,9-,10-,13-/m1/s1. The average Bonchev–Trinajstić information content (AvgIpc) is 3.08. The fourth-order valence-electron chi connectivity index (χ4n) is 2.62. The molecule has 11 nitrogen and oxygen atoms in total.